The number of aliphatic hydroxyl groups is 3. The summed E-state index contributed by atoms with van der Waals surface area (Å²) in [6.07, 6.45) is 1.67. The molecule has 0 aromatic heterocycles. The third kappa shape index (κ3) is 10.1. The van der Waals surface area contributed by atoms with E-state index >= 15 is 0 Å². The molecule has 1 saturated heterocycles. The van der Waals surface area contributed by atoms with Crippen LogP contribution in [0.15, 0.2) is 84.4 Å². The van der Waals surface area contributed by atoms with Crippen LogP contribution < -0.4 is 0 Å². The molecule has 1 aliphatic heterocycles. The minimum absolute atomic E-state index is 0.0276. The average molecular weight is 764 g/mol. The van der Waals surface area contributed by atoms with Gasteiger partial charge in [0.15, 0.2) is 5.78 Å². The normalized spacial score (nSPS) is 26.8. The predicted octanol–water partition coefficient (Wildman–Crippen LogP) is 8.03. The highest BCUT2D eigenvalue weighted by atomic mass is 19.4. The Labute approximate surface area is 323 Å². The third-order valence-corrected chi connectivity index (χ3v) is 12.2. The summed E-state index contributed by atoms with van der Waals surface area (Å²) in [6.45, 7) is 6.39. The summed E-state index contributed by atoms with van der Waals surface area (Å²) in [5, 5.41) is 35.2. The minimum Gasteiger partial charge on any atom is -0.393 e. The summed E-state index contributed by atoms with van der Waals surface area (Å²) in [7, 11) is 0. The first-order valence-electron chi connectivity index (χ1n) is 19.8. The lowest BCUT2D eigenvalue weighted by molar-refractivity contribution is -0.137. The Bertz CT molecular complexity index is 1780. The second kappa shape index (κ2) is 17.8. The molecule has 6 unspecified atom stereocenters. The molecular formula is C45H56F3NO6. The van der Waals surface area contributed by atoms with Crippen molar-refractivity contribution in [3.05, 3.63) is 118 Å². The molecule has 10 heteroatoms. The number of benzene rings is 3. The van der Waals surface area contributed by atoms with Crippen molar-refractivity contribution in [2.24, 2.45) is 5.41 Å². The molecule has 3 aliphatic carbocycles. The Balaban J connectivity index is 1.33. The first kappa shape index (κ1) is 41.3. The summed E-state index contributed by atoms with van der Waals surface area (Å²) in [5.74, 6) is -0.821. The number of ketones is 1. The predicted molar refractivity (Wildman–Crippen MR) is 206 cm³/mol. The van der Waals surface area contributed by atoms with Gasteiger partial charge >= 0.3 is 6.18 Å². The van der Waals surface area contributed by atoms with Crippen molar-refractivity contribution in [2.45, 2.75) is 114 Å². The second-order valence-electron chi connectivity index (χ2n) is 16.3. The van der Waals surface area contributed by atoms with Crippen LogP contribution in [0.1, 0.15) is 109 Å². The van der Waals surface area contributed by atoms with Crippen molar-refractivity contribution < 1.29 is 42.8 Å². The highest BCUT2D eigenvalue weighted by Crippen LogP contribution is 2.59. The summed E-state index contributed by atoms with van der Waals surface area (Å²) in [5.41, 5.74) is 0.930. The van der Waals surface area contributed by atoms with E-state index in [0.717, 1.165) is 41.7 Å². The van der Waals surface area contributed by atoms with E-state index in [1.807, 2.05) is 42.5 Å². The van der Waals surface area contributed by atoms with Crippen LogP contribution in [0.3, 0.4) is 0 Å². The first-order chi connectivity index (χ1) is 26.2. The summed E-state index contributed by atoms with van der Waals surface area (Å²) >= 11 is 0. The molecule has 0 spiro atoms. The zero-order valence-corrected chi connectivity index (χ0v) is 32.1. The fraction of sp³-hybridized carbons (Fsp3) is 0.533. The number of hydrogen-bond acceptors (Lipinski definition) is 7. The van der Waals surface area contributed by atoms with Crippen LogP contribution in [0.25, 0.3) is 0 Å². The molecule has 2 bridgehead atoms. The third-order valence-electron chi connectivity index (χ3n) is 12.2. The van der Waals surface area contributed by atoms with Gasteiger partial charge in [-0.25, -0.2) is 0 Å². The van der Waals surface area contributed by atoms with E-state index in [2.05, 4.69) is 24.8 Å². The van der Waals surface area contributed by atoms with Gasteiger partial charge in [-0.15, -0.1) is 0 Å². The smallest absolute Gasteiger partial charge is 0.393 e. The molecule has 1 saturated carbocycles. The van der Waals surface area contributed by atoms with Crippen LogP contribution in [-0.2, 0) is 28.7 Å². The maximum absolute atomic E-state index is 14.4. The van der Waals surface area contributed by atoms with Crippen molar-refractivity contribution in [2.75, 3.05) is 32.8 Å². The van der Waals surface area contributed by atoms with Gasteiger partial charge in [-0.3, -0.25) is 9.69 Å². The molecule has 4 aliphatic rings. The van der Waals surface area contributed by atoms with Crippen LogP contribution in [-0.4, -0.2) is 82.8 Å². The molecule has 7 rings (SSSR count). The maximum atomic E-state index is 14.4. The van der Waals surface area contributed by atoms with Crippen molar-refractivity contribution in [3.63, 3.8) is 0 Å². The van der Waals surface area contributed by atoms with Crippen molar-refractivity contribution in [1.82, 2.24) is 4.90 Å². The highest BCUT2D eigenvalue weighted by Gasteiger charge is 2.57. The number of aliphatic hydroxyl groups excluding tert-OH is 2. The lowest BCUT2D eigenvalue weighted by Gasteiger charge is -2.46. The van der Waals surface area contributed by atoms with E-state index in [1.165, 1.54) is 12.1 Å². The standard InChI is InChI=1S/C45H56F3NO6/c1-31-9-7-20-43(2)41(39-18-16-33(23-36(50)17-15-31)24-40(39)42(52)34-12-6-13-35(25-34)45(46,47)48)19-21-44(43,53)30-49(27-38-14-8-22-55-38)26-37(51)29-54-28-32-10-4-3-5-11-32/h3-6,9-13,16,18,24-25,36-38,41,50-51,53H,7-8,14-15,17,19-23,26-30H2,1-2H3. The van der Waals surface area contributed by atoms with Crippen molar-refractivity contribution >= 4 is 5.78 Å². The van der Waals surface area contributed by atoms with Gasteiger partial charge in [-0.1, -0.05) is 73.2 Å². The second-order valence-corrected chi connectivity index (χ2v) is 16.3. The van der Waals surface area contributed by atoms with Gasteiger partial charge in [0.1, 0.15) is 0 Å². The zero-order chi connectivity index (χ0) is 39.2. The van der Waals surface area contributed by atoms with Crippen LogP contribution in [0.4, 0.5) is 13.2 Å². The number of hydrogen-bond donors (Lipinski definition) is 3. The lowest BCUT2D eigenvalue weighted by Crippen LogP contribution is -2.55. The molecular weight excluding hydrogens is 707 g/mol. The Morgan fingerprint density at radius 2 is 1.84 bits per heavy atom. The van der Waals surface area contributed by atoms with E-state index < -0.39 is 40.7 Å². The Hall–Kier alpha value is -3.38. The van der Waals surface area contributed by atoms with Gasteiger partial charge in [-0.05, 0) is 106 Å². The Morgan fingerprint density at radius 3 is 2.58 bits per heavy atom. The molecule has 0 amide bonds. The minimum atomic E-state index is -4.61. The fourth-order valence-corrected chi connectivity index (χ4v) is 9.08. The first-order valence-corrected chi connectivity index (χ1v) is 19.8. The van der Waals surface area contributed by atoms with Gasteiger partial charge in [0.25, 0.3) is 0 Å². The fourth-order valence-electron chi connectivity index (χ4n) is 9.08. The van der Waals surface area contributed by atoms with Gasteiger partial charge in [0, 0.05) is 42.8 Å². The lowest BCUT2D eigenvalue weighted by atomic mass is 9.64. The molecule has 2 fully saturated rings. The largest absolute Gasteiger partial charge is 0.416 e. The number of ether oxygens (including phenoxy) is 2. The van der Waals surface area contributed by atoms with E-state index in [4.69, 9.17) is 9.47 Å². The monoisotopic (exact) mass is 763 g/mol. The van der Waals surface area contributed by atoms with E-state index in [-0.39, 0.29) is 37.3 Å². The number of rotatable bonds is 12. The van der Waals surface area contributed by atoms with Gasteiger partial charge in [-0.2, -0.15) is 13.2 Å². The van der Waals surface area contributed by atoms with Crippen LogP contribution >= 0.6 is 0 Å². The molecule has 3 N–H and O–H groups in total. The summed E-state index contributed by atoms with van der Waals surface area (Å²) in [4.78, 5) is 16.5. The number of carbonyl (C=O) groups is 1. The van der Waals surface area contributed by atoms with Crippen molar-refractivity contribution in [1.29, 1.82) is 0 Å². The number of nitrogens with zero attached hydrogens (tertiary/aromatic N) is 1. The molecule has 1 heterocycles. The number of carbonyl (C=O) groups excluding carboxylic acids is 1. The number of allylic oxidation sites excluding steroid dienone is 2. The van der Waals surface area contributed by atoms with Crippen LogP contribution in [0.2, 0.25) is 0 Å². The molecule has 55 heavy (non-hydrogen) atoms. The quantitative estimate of drug-likeness (QED) is 0.127. The molecule has 3 aromatic carbocycles. The van der Waals surface area contributed by atoms with Gasteiger partial charge in [0.05, 0.1) is 42.7 Å². The molecule has 7 nitrogen and oxygen atoms in total. The van der Waals surface area contributed by atoms with Crippen LogP contribution in [0.5, 0.6) is 0 Å². The van der Waals surface area contributed by atoms with Gasteiger partial charge < -0.3 is 24.8 Å². The summed E-state index contributed by atoms with van der Waals surface area (Å²) < 4.78 is 53.3. The van der Waals surface area contributed by atoms with Crippen LogP contribution in [0, 0.1) is 5.41 Å². The number of alkyl halides is 3. The molecule has 0 radical (unpaired) electrons. The zero-order valence-electron chi connectivity index (χ0n) is 32.1. The van der Waals surface area contributed by atoms with E-state index in [1.54, 1.807) is 6.07 Å². The molecule has 298 valence electrons. The number of fused-ring (bicyclic) bond motifs is 8. The Kier molecular flexibility index (Phi) is 13.4. The van der Waals surface area contributed by atoms with E-state index in [9.17, 15) is 33.3 Å². The topological polar surface area (TPSA) is 99.5 Å². The number of halogens is 3. The van der Waals surface area contributed by atoms with E-state index in [0.29, 0.717) is 75.8 Å². The Morgan fingerprint density at radius 1 is 1.04 bits per heavy atom. The van der Waals surface area contributed by atoms with Gasteiger partial charge in [0.2, 0.25) is 0 Å². The molecule has 6 atom stereocenters. The van der Waals surface area contributed by atoms with Crippen molar-refractivity contribution in [3.8, 4) is 0 Å². The molecule has 3 aromatic rings. The SMILES string of the molecule is CC1=CCCC2(C)C(CCC2(O)CN(CC(O)COCc2ccccc2)CC2CCCO2)c2ccc(cc2C(=O)c2cccc(C(F)(F)F)c2)CC(O)CC1. The highest BCUT2D eigenvalue weighted by molar-refractivity contribution is 6.10. The summed E-state index contributed by atoms with van der Waals surface area (Å²) in [6, 6.07) is 19.8. The average Bonchev–Trinajstić information content (AvgIpc) is 3.75. The maximum Gasteiger partial charge on any atom is 0.416 e.